The van der Waals surface area contributed by atoms with Crippen LogP contribution < -0.4 is 4.90 Å². The Morgan fingerprint density at radius 2 is 1.68 bits per heavy atom. The molecule has 0 spiro atoms. The summed E-state index contributed by atoms with van der Waals surface area (Å²) in [6.45, 7) is 4.49. The number of pyridine rings is 1. The van der Waals surface area contributed by atoms with Crippen molar-refractivity contribution >= 4 is 16.5 Å². The van der Waals surface area contributed by atoms with Crippen molar-refractivity contribution in [3.63, 3.8) is 0 Å². The zero-order chi connectivity index (χ0) is 17.1. The van der Waals surface area contributed by atoms with E-state index in [4.69, 9.17) is 4.98 Å². The van der Waals surface area contributed by atoms with Crippen molar-refractivity contribution in [1.29, 1.82) is 0 Å². The molecule has 0 N–H and O–H groups in total. The van der Waals surface area contributed by atoms with E-state index < -0.39 is 0 Å². The van der Waals surface area contributed by atoms with Crippen LogP contribution in [0.1, 0.15) is 36.2 Å². The molecule has 1 saturated heterocycles. The number of piperidine rings is 1. The molecule has 0 atom stereocenters. The Morgan fingerprint density at radius 3 is 2.56 bits per heavy atom. The second kappa shape index (κ2) is 7.26. The van der Waals surface area contributed by atoms with Gasteiger partial charge >= 0.3 is 0 Å². The highest BCUT2D eigenvalue weighted by Crippen LogP contribution is 2.23. The monoisotopic (exact) mass is 330 g/mol. The molecule has 0 amide bonds. The van der Waals surface area contributed by atoms with Gasteiger partial charge in [0.05, 0.1) is 0 Å². The Labute approximate surface area is 150 Å². The molecule has 1 fully saturated rings. The molecule has 4 rings (SSSR count). The van der Waals surface area contributed by atoms with Crippen LogP contribution in [-0.2, 0) is 12.8 Å². The average molecular weight is 330 g/mol. The van der Waals surface area contributed by atoms with E-state index in [1.807, 2.05) is 0 Å². The molecular formula is C23H26N2. The van der Waals surface area contributed by atoms with Gasteiger partial charge in [-0.3, -0.25) is 4.98 Å². The molecule has 1 aliphatic heterocycles. The van der Waals surface area contributed by atoms with Crippen molar-refractivity contribution in [3.8, 4) is 0 Å². The summed E-state index contributed by atoms with van der Waals surface area (Å²) in [5, 5.41) is 2.69. The highest BCUT2D eigenvalue weighted by atomic mass is 15.1. The Balaban J connectivity index is 1.55. The summed E-state index contributed by atoms with van der Waals surface area (Å²) in [4.78, 5) is 7.32. The quantitative estimate of drug-likeness (QED) is 0.644. The van der Waals surface area contributed by atoms with E-state index in [2.05, 4.69) is 66.4 Å². The maximum atomic E-state index is 4.80. The zero-order valence-electron chi connectivity index (χ0n) is 15.0. The van der Waals surface area contributed by atoms with Crippen molar-refractivity contribution < 1.29 is 0 Å². The Kier molecular flexibility index (Phi) is 4.69. The number of hydrogen-bond acceptors (Lipinski definition) is 2. The first-order valence-electron chi connectivity index (χ1n) is 9.49. The van der Waals surface area contributed by atoms with Gasteiger partial charge in [0.25, 0.3) is 0 Å². The van der Waals surface area contributed by atoms with Crippen LogP contribution in [0.5, 0.6) is 0 Å². The minimum absolute atomic E-state index is 0.997. The molecule has 2 aromatic carbocycles. The number of nitrogens with zero attached hydrogens (tertiary/aromatic N) is 2. The number of anilines is 1. The smallest absolute Gasteiger partial charge is 0.0430 e. The van der Waals surface area contributed by atoms with Crippen LogP contribution in [-0.4, -0.2) is 18.1 Å². The standard InChI is InChI=1S/C23H26N2/c1-18-16-22(25-14-5-2-6-15-25)17-21(24-18)13-12-20-10-7-9-19-8-3-4-11-23(19)20/h3-4,7-11,16-17H,2,5-6,12-15H2,1H3. The predicted molar refractivity (Wildman–Crippen MR) is 106 cm³/mol. The van der Waals surface area contributed by atoms with E-state index in [0.29, 0.717) is 0 Å². The fraction of sp³-hybridized carbons (Fsp3) is 0.348. The van der Waals surface area contributed by atoms with Gasteiger partial charge in [0.15, 0.2) is 0 Å². The maximum Gasteiger partial charge on any atom is 0.0430 e. The Bertz CT molecular complexity index is 858. The molecule has 0 radical (unpaired) electrons. The van der Waals surface area contributed by atoms with Gasteiger partial charge in [0.2, 0.25) is 0 Å². The van der Waals surface area contributed by atoms with Crippen molar-refractivity contribution in [2.75, 3.05) is 18.0 Å². The maximum absolute atomic E-state index is 4.80. The summed E-state index contributed by atoms with van der Waals surface area (Å²) in [6, 6.07) is 19.8. The van der Waals surface area contributed by atoms with Crippen LogP contribution in [0.25, 0.3) is 10.8 Å². The summed E-state index contributed by atoms with van der Waals surface area (Å²) in [5.41, 5.74) is 5.13. The summed E-state index contributed by atoms with van der Waals surface area (Å²) >= 11 is 0. The first kappa shape index (κ1) is 16.1. The van der Waals surface area contributed by atoms with Crippen molar-refractivity contribution in [1.82, 2.24) is 4.98 Å². The van der Waals surface area contributed by atoms with Gasteiger partial charge in [-0.1, -0.05) is 42.5 Å². The zero-order valence-corrected chi connectivity index (χ0v) is 15.0. The molecule has 128 valence electrons. The van der Waals surface area contributed by atoms with Gasteiger partial charge in [0, 0.05) is 30.2 Å². The second-order valence-electron chi connectivity index (χ2n) is 7.14. The lowest BCUT2D eigenvalue weighted by molar-refractivity contribution is 0.577. The summed E-state index contributed by atoms with van der Waals surface area (Å²) in [6.07, 6.45) is 6.03. The minimum Gasteiger partial charge on any atom is -0.371 e. The lowest BCUT2D eigenvalue weighted by Crippen LogP contribution is -2.29. The van der Waals surface area contributed by atoms with Crippen LogP contribution in [0.3, 0.4) is 0 Å². The van der Waals surface area contributed by atoms with E-state index in [1.165, 1.54) is 60.1 Å². The number of fused-ring (bicyclic) bond motifs is 1. The third-order valence-corrected chi connectivity index (χ3v) is 5.24. The van der Waals surface area contributed by atoms with Crippen molar-refractivity contribution in [3.05, 3.63) is 71.5 Å². The number of benzene rings is 2. The minimum atomic E-state index is 0.997. The number of aromatic nitrogens is 1. The van der Waals surface area contributed by atoms with Gasteiger partial charge in [-0.2, -0.15) is 0 Å². The molecule has 2 heteroatoms. The average Bonchev–Trinajstić information content (AvgIpc) is 2.66. The van der Waals surface area contributed by atoms with Gasteiger partial charge in [-0.05, 0) is 67.5 Å². The third kappa shape index (κ3) is 3.68. The molecule has 0 saturated carbocycles. The Morgan fingerprint density at radius 1 is 0.880 bits per heavy atom. The van der Waals surface area contributed by atoms with Gasteiger partial charge < -0.3 is 4.90 Å². The molecule has 2 heterocycles. The predicted octanol–water partition coefficient (Wildman–Crippen LogP) is 5.32. The molecule has 2 nitrogen and oxygen atoms in total. The van der Waals surface area contributed by atoms with Gasteiger partial charge in [0.1, 0.15) is 0 Å². The van der Waals surface area contributed by atoms with Crippen LogP contribution in [0.2, 0.25) is 0 Å². The van der Waals surface area contributed by atoms with Crippen molar-refractivity contribution in [2.45, 2.75) is 39.0 Å². The number of rotatable bonds is 4. The highest BCUT2D eigenvalue weighted by Gasteiger charge is 2.12. The second-order valence-corrected chi connectivity index (χ2v) is 7.14. The van der Waals surface area contributed by atoms with E-state index >= 15 is 0 Å². The lowest BCUT2D eigenvalue weighted by atomic mass is 10.00. The van der Waals surface area contributed by atoms with E-state index in [0.717, 1.165) is 18.5 Å². The fourth-order valence-corrected chi connectivity index (χ4v) is 3.95. The summed E-state index contributed by atoms with van der Waals surface area (Å²) < 4.78 is 0. The van der Waals surface area contributed by atoms with Gasteiger partial charge in [-0.25, -0.2) is 0 Å². The summed E-state index contributed by atoms with van der Waals surface area (Å²) in [5.74, 6) is 0. The molecular weight excluding hydrogens is 304 g/mol. The molecule has 25 heavy (non-hydrogen) atoms. The molecule has 0 bridgehead atoms. The molecule has 3 aromatic rings. The normalized spacial score (nSPS) is 14.8. The van der Waals surface area contributed by atoms with Crippen LogP contribution >= 0.6 is 0 Å². The van der Waals surface area contributed by atoms with Crippen LogP contribution in [0, 0.1) is 6.92 Å². The van der Waals surface area contributed by atoms with E-state index in [-0.39, 0.29) is 0 Å². The van der Waals surface area contributed by atoms with Gasteiger partial charge in [-0.15, -0.1) is 0 Å². The largest absolute Gasteiger partial charge is 0.371 e. The number of hydrogen-bond donors (Lipinski definition) is 0. The summed E-state index contributed by atoms with van der Waals surface area (Å²) in [7, 11) is 0. The topological polar surface area (TPSA) is 16.1 Å². The van der Waals surface area contributed by atoms with Crippen molar-refractivity contribution in [2.24, 2.45) is 0 Å². The lowest BCUT2D eigenvalue weighted by Gasteiger charge is -2.29. The first-order chi connectivity index (χ1) is 12.3. The molecule has 1 aromatic heterocycles. The first-order valence-corrected chi connectivity index (χ1v) is 9.49. The molecule has 0 unspecified atom stereocenters. The van der Waals surface area contributed by atoms with Crippen LogP contribution in [0.15, 0.2) is 54.6 Å². The fourth-order valence-electron chi connectivity index (χ4n) is 3.95. The van der Waals surface area contributed by atoms with E-state index in [9.17, 15) is 0 Å². The third-order valence-electron chi connectivity index (χ3n) is 5.24. The molecule has 1 aliphatic rings. The van der Waals surface area contributed by atoms with E-state index in [1.54, 1.807) is 0 Å². The number of aryl methyl sites for hydroxylation is 3. The Hall–Kier alpha value is -2.35. The highest BCUT2D eigenvalue weighted by molar-refractivity contribution is 5.85. The molecule has 0 aliphatic carbocycles. The van der Waals surface area contributed by atoms with Crippen LogP contribution in [0.4, 0.5) is 5.69 Å². The SMILES string of the molecule is Cc1cc(N2CCCCC2)cc(CCc2cccc3ccccc23)n1.